The fourth-order valence-electron chi connectivity index (χ4n) is 2.94. The van der Waals surface area contributed by atoms with Crippen LogP contribution >= 0.6 is 0 Å². The Morgan fingerprint density at radius 3 is 1.38 bits per heavy atom. The topological polar surface area (TPSA) is 99.4 Å². The maximum Gasteiger partial charge on any atom is 0.492 e. The Morgan fingerprint density at radius 2 is 1.08 bits per heavy atom. The van der Waals surface area contributed by atoms with Crippen LogP contribution in [0.15, 0.2) is 36.4 Å². The minimum absolute atomic E-state index is 0.363. The van der Waals surface area contributed by atoms with Gasteiger partial charge in [0.05, 0.1) is 14.2 Å². The maximum absolute atomic E-state index is 9.42. The first-order chi connectivity index (χ1) is 12.5. The van der Waals surface area contributed by atoms with Gasteiger partial charge in [-0.2, -0.15) is 0 Å². The molecule has 0 spiro atoms. The Balaban J connectivity index is 1.93. The van der Waals surface area contributed by atoms with Gasteiger partial charge in [-0.1, -0.05) is 24.3 Å². The van der Waals surface area contributed by atoms with Gasteiger partial charge in [-0.25, -0.2) is 0 Å². The van der Waals surface area contributed by atoms with Crippen LogP contribution in [-0.2, 0) is 12.8 Å². The summed E-state index contributed by atoms with van der Waals surface area (Å²) in [5.41, 5.74) is 2.74. The summed E-state index contributed by atoms with van der Waals surface area (Å²) in [5.74, 6) is 0.911. The maximum atomic E-state index is 9.42. The Morgan fingerprint density at radius 1 is 0.692 bits per heavy atom. The van der Waals surface area contributed by atoms with Gasteiger partial charge in [0.25, 0.3) is 0 Å². The van der Waals surface area contributed by atoms with E-state index in [4.69, 9.17) is 9.47 Å². The van der Waals surface area contributed by atoms with Crippen LogP contribution in [0.5, 0.6) is 11.5 Å². The third kappa shape index (κ3) is 5.25. The standard InChI is InChI=1S/C18H24B2O6/c1-25-17-9-7-13(11-15(17)19(21)22)5-3-4-6-14-8-10-18(26-2)16(12-14)20(23)24/h7-12,21-24H,3-6H2,1-2H3. The average Bonchev–Trinajstić information content (AvgIpc) is 2.64. The number of benzene rings is 2. The van der Waals surface area contributed by atoms with Crippen molar-refractivity contribution < 1.29 is 29.6 Å². The van der Waals surface area contributed by atoms with Crippen LogP contribution < -0.4 is 20.4 Å². The van der Waals surface area contributed by atoms with Gasteiger partial charge in [-0.3, -0.25) is 0 Å². The summed E-state index contributed by atoms with van der Waals surface area (Å²) in [5, 5.41) is 37.7. The molecule has 0 aliphatic carbocycles. The molecule has 0 heterocycles. The lowest BCUT2D eigenvalue weighted by Gasteiger charge is -2.11. The fraction of sp³-hybridized carbons (Fsp3) is 0.333. The van der Waals surface area contributed by atoms with Crippen molar-refractivity contribution in [2.75, 3.05) is 14.2 Å². The summed E-state index contributed by atoms with van der Waals surface area (Å²) in [6.07, 6.45) is 3.43. The molecule has 2 rings (SSSR count). The summed E-state index contributed by atoms with van der Waals surface area (Å²) in [6, 6.07) is 10.8. The van der Waals surface area contributed by atoms with Crippen molar-refractivity contribution in [2.24, 2.45) is 0 Å². The normalized spacial score (nSPS) is 10.5. The molecule has 0 aliphatic heterocycles. The molecule has 2 aromatic carbocycles. The van der Waals surface area contributed by atoms with Gasteiger partial charge in [0.2, 0.25) is 0 Å². The monoisotopic (exact) mass is 358 g/mol. The molecule has 6 nitrogen and oxygen atoms in total. The molecule has 26 heavy (non-hydrogen) atoms. The van der Waals surface area contributed by atoms with Gasteiger partial charge in [0.1, 0.15) is 11.5 Å². The van der Waals surface area contributed by atoms with E-state index in [2.05, 4.69) is 0 Å². The van der Waals surface area contributed by atoms with Crippen LogP contribution in [0.4, 0.5) is 0 Å². The Bertz CT molecular complexity index is 659. The molecule has 0 aromatic heterocycles. The first-order valence-corrected chi connectivity index (χ1v) is 8.52. The molecule has 0 unspecified atom stereocenters. The minimum atomic E-state index is -1.56. The van der Waals surface area contributed by atoms with Gasteiger partial charge >= 0.3 is 14.2 Å². The smallest absolute Gasteiger partial charge is 0.492 e. The van der Waals surface area contributed by atoms with Crippen LogP contribution in [0.3, 0.4) is 0 Å². The Labute approximate surface area is 154 Å². The lowest BCUT2D eigenvalue weighted by atomic mass is 9.78. The second kappa shape index (κ2) is 9.64. The van der Waals surface area contributed by atoms with Crippen LogP contribution in [0.2, 0.25) is 0 Å². The van der Waals surface area contributed by atoms with Crippen LogP contribution in [0.25, 0.3) is 0 Å². The lowest BCUT2D eigenvalue weighted by molar-refractivity contribution is 0.402. The SMILES string of the molecule is COc1ccc(CCCCc2ccc(OC)c(B(O)O)c2)cc1B(O)O. The predicted octanol–water partition coefficient (Wildman–Crippen LogP) is -0.371. The van der Waals surface area contributed by atoms with E-state index in [1.54, 1.807) is 24.3 Å². The largest absolute Gasteiger partial charge is 0.497 e. The highest BCUT2D eigenvalue weighted by Gasteiger charge is 2.18. The Hall–Kier alpha value is -1.99. The number of methoxy groups -OCH3 is 2. The van der Waals surface area contributed by atoms with Gasteiger partial charge in [-0.15, -0.1) is 0 Å². The second-order valence-electron chi connectivity index (χ2n) is 6.11. The molecule has 0 amide bonds. The predicted molar refractivity (Wildman–Crippen MR) is 102 cm³/mol. The summed E-state index contributed by atoms with van der Waals surface area (Å²) in [7, 11) is -0.138. The molecule has 0 atom stereocenters. The van der Waals surface area contributed by atoms with Gasteiger partial charge in [0, 0.05) is 10.9 Å². The zero-order valence-electron chi connectivity index (χ0n) is 15.1. The first kappa shape index (κ1) is 20.3. The number of unbranched alkanes of at least 4 members (excludes halogenated alkanes) is 1. The molecule has 8 heteroatoms. The van der Waals surface area contributed by atoms with E-state index < -0.39 is 14.2 Å². The highest BCUT2D eigenvalue weighted by molar-refractivity contribution is 6.60. The van der Waals surface area contributed by atoms with Crippen molar-refractivity contribution in [1.82, 2.24) is 0 Å². The molecule has 0 saturated carbocycles. The van der Waals surface area contributed by atoms with Crippen molar-refractivity contribution in [1.29, 1.82) is 0 Å². The third-order valence-electron chi connectivity index (χ3n) is 4.33. The third-order valence-corrected chi connectivity index (χ3v) is 4.33. The van der Waals surface area contributed by atoms with E-state index in [9.17, 15) is 20.1 Å². The van der Waals surface area contributed by atoms with Crippen molar-refractivity contribution >= 4 is 25.2 Å². The molecule has 138 valence electrons. The van der Waals surface area contributed by atoms with Crippen molar-refractivity contribution in [3.63, 3.8) is 0 Å². The van der Waals surface area contributed by atoms with E-state index >= 15 is 0 Å². The van der Waals surface area contributed by atoms with Gasteiger partial charge in [-0.05, 0) is 48.9 Å². The van der Waals surface area contributed by atoms with E-state index in [0.717, 1.165) is 36.8 Å². The second-order valence-corrected chi connectivity index (χ2v) is 6.11. The summed E-state index contributed by atoms with van der Waals surface area (Å²) in [6.45, 7) is 0. The van der Waals surface area contributed by atoms with E-state index in [0.29, 0.717) is 22.4 Å². The van der Waals surface area contributed by atoms with E-state index in [1.807, 2.05) is 12.1 Å². The quantitative estimate of drug-likeness (QED) is 0.361. The highest BCUT2D eigenvalue weighted by Crippen LogP contribution is 2.15. The van der Waals surface area contributed by atoms with Crippen LogP contribution in [0.1, 0.15) is 24.0 Å². The summed E-state index contributed by atoms with van der Waals surface area (Å²) < 4.78 is 10.2. The number of hydrogen-bond donors (Lipinski definition) is 4. The first-order valence-electron chi connectivity index (χ1n) is 8.52. The van der Waals surface area contributed by atoms with Gasteiger partial charge in [0.15, 0.2) is 0 Å². The number of rotatable bonds is 9. The molecule has 2 aromatic rings. The molecule has 0 fully saturated rings. The van der Waals surface area contributed by atoms with Gasteiger partial charge < -0.3 is 29.6 Å². The van der Waals surface area contributed by atoms with Crippen molar-refractivity contribution in [3.8, 4) is 11.5 Å². The number of ether oxygens (including phenoxy) is 2. The zero-order chi connectivity index (χ0) is 19.1. The molecule has 0 aliphatic rings. The Kier molecular flexibility index (Phi) is 7.53. The summed E-state index contributed by atoms with van der Waals surface area (Å²) in [4.78, 5) is 0. The van der Waals surface area contributed by atoms with E-state index in [1.165, 1.54) is 14.2 Å². The number of aryl methyl sites for hydroxylation is 2. The van der Waals surface area contributed by atoms with Crippen LogP contribution in [-0.4, -0.2) is 48.6 Å². The zero-order valence-corrected chi connectivity index (χ0v) is 15.1. The van der Waals surface area contributed by atoms with Crippen molar-refractivity contribution in [3.05, 3.63) is 47.5 Å². The molecule has 0 radical (unpaired) electrons. The molecule has 4 N–H and O–H groups in total. The summed E-state index contributed by atoms with van der Waals surface area (Å²) >= 11 is 0. The average molecular weight is 358 g/mol. The lowest BCUT2D eigenvalue weighted by Crippen LogP contribution is -2.31. The molecule has 0 saturated heterocycles. The van der Waals surface area contributed by atoms with Crippen LogP contribution in [0, 0.1) is 0 Å². The fourth-order valence-corrected chi connectivity index (χ4v) is 2.94. The molecular formula is C18H24B2O6. The van der Waals surface area contributed by atoms with Crippen molar-refractivity contribution in [2.45, 2.75) is 25.7 Å². The molecule has 0 bridgehead atoms. The van der Waals surface area contributed by atoms with E-state index in [-0.39, 0.29) is 0 Å². The highest BCUT2D eigenvalue weighted by atomic mass is 16.5. The molecular weight excluding hydrogens is 334 g/mol. The minimum Gasteiger partial charge on any atom is -0.497 e. The number of hydrogen-bond acceptors (Lipinski definition) is 6.